The van der Waals surface area contributed by atoms with Gasteiger partial charge in [0.25, 0.3) is 5.56 Å². The average molecular weight is 515 g/mol. The van der Waals surface area contributed by atoms with Gasteiger partial charge in [0.2, 0.25) is 0 Å². The van der Waals surface area contributed by atoms with Crippen molar-refractivity contribution in [3.63, 3.8) is 0 Å². The summed E-state index contributed by atoms with van der Waals surface area (Å²) >= 11 is 1.27. The topological polar surface area (TPSA) is 79.1 Å². The normalized spacial score (nSPS) is 15.4. The molecule has 1 aromatic heterocycles. The molecule has 0 spiro atoms. The summed E-state index contributed by atoms with van der Waals surface area (Å²) in [5, 5.41) is 1.97. The van der Waals surface area contributed by atoms with Gasteiger partial charge in [-0.3, -0.25) is 9.36 Å². The van der Waals surface area contributed by atoms with Crippen LogP contribution in [0.1, 0.15) is 31.0 Å². The molecule has 0 fully saturated rings. The van der Waals surface area contributed by atoms with Crippen LogP contribution in [-0.2, 0) is 9.53 Å². The van der Waals surface area contributed by atoms with Crippen LogP contribution >= 0.6 is 11.3 Å². The number of thiazole rings is 1. The van der Waals surface area contributed by atoms with E-state index in [1.54, 1.807) is 50.8 Å². The highest BCUT2D eigenvalue weighted by atomic mass is 32.1. The van der Waals surface area contributed by atoms with Crippen molar-refractivity contribution in [3.05, 3.63) is 103 Å². The first-order valence-electron chi connectivity index (χ1n) is 11.9. The largest absolute Gasteiger partial charge is 0.497 e. The Morgan fingerprint density at radius 1 is 1.08 bits per heavy atom. The van der Waals surface area contributed by atoms with E-state index in [-0.39, 0.29) is 12.2 Å². The highest BCUT2D eigenvalue weighted by Crippen LogP contribution is 2.35. The number of rotatable bonds is 6. The minimum atomic E-state index is -0.684. The Kier molecular flexibility index (Phi) is 6.67. The number of carbonyl (C=O) groups is 1. The van der Waals surface area contributed by atoms with E-state index in [1.807, 2.05) is 48.5 Å². The van der Waals surface area contributed by atoms with Crippen LogP contribution in [-0.4, -0.2) is 31.4 Å². The molecular formula is C29H26N2O5S. The van der Waals surface area contributed by atoms with Crippen LogP contribution in [0.3, 0.4) is 0 Å². The molecule has 0 unspecified atom stereocenters. The third-order valence-corrected chi connectivity index (χ3v) is 7.34. The number of nitrogens with zero attached hydrogens (tertiary/aromatic N) is 2. The molecule has 1 aliphatic rings. The second-order valence-electron chi connectivity index (χ2n) is 8.48. The lowest BCUT2D eigenvalue weighted by Crippen LogP contribution is -2.40. The van der Waals surface area contributed by atoms with E-state index in [0.717, 1.165) is 16.3 Å². The van der Waals surface area contributed by atoms with Gasteiger partial charge in [-0.2, -0.15) is 0 Å². The zero-order valence-electron chi connectivity index (χ0n) is 21.0. The summed E-state index contributed by atoms with van der Waals surface area (Å²) in [5.74, 6) is 0.778. The van der Waals surface area contributed by atoms with Crippen LogP contribution < -0.4 is 24.4 Å². The number of methoxy groups -OCH3 is 2. The molecule has 0 saturated carbocycles. The van der Waals surface area contributed by atoms with Crippen LogP contribution in [0.5, 0.6) is 11.5 Å². The van der Waals surface area contributed by atoms with Crippen molar-refractivity contribution >= 4 is 34.2 Å². The zero-order valence-corrected chi connectivity index (χ0v) is 21.8. The Morgan fingerprint density at radius 2 is 1.86 bits per heavy atom. The quantitative estimate of drug-likeness (QED) is 0.364. The Morgan fingerprint density at radius 3 is 2.62 bits per heavy atom. The molecule has 188 valence electrons. The van der Waals surface area contributed by atoms with Gasteiger partial charge in [0.15, 0.2) is 4.80 Å². The molecule has 0 bridgehead atoms. The van der Waals surface area contributed by atoms with Gasteiger partial charge in [-0.15, -0.1) is 0 Å². The van der Waals surface area contributed by atoms with Crippen molar-refractivity contribution in [2.45, 2.75) is 19.9 Å². The number of hydrogen-bond acceptors (Lipinski definition) is 7. The van der Waals surface area contributed by atoms with Gasteiger partial charge in [-0.25, -0.2) is 9.79 Å². The highest BCUT2D eigenvalue weighted by Gasteiger charge is 2.34. The van der Waals surface area contributed by atoms with Gasteiger partial charge in [0, 0.05) is 5.56 Å². The smallest absolute Gasteiger partial charge is 0.338 e. The molecule has 37 heavy (non-hydrogen) atoms. The number of fused-ring (bicyclic) bond motifs is 2. The summed E-state index contributed by atoms with van der Waals surface area (Å²) < 4.78 is 18.4. The predicted octanol–water partition coefficient (Wildman–Crippen LogP) is 3.97. The lowest BCUT2D eigenvalue weighted by Gasteiger charge is -2.25. The second kappa shape index (κ2) is 10.1. The van der Waals surface area contributed by atoms with Crippen LogP contribution in [0, 0.1) is 0 Å². The number of benzene rings is 3. The van der Waals surface area contributed by atoms with E-state index < -0.39 is 12.0 Å². The Labute approximate surface area is 217 Å². The van der Waals surface area contributed by atoms with E-state index >= 15 is 0 Å². The maximum Gasteiger partial charge on any atom is 0.338 e. The summed E-state index contributed by atoms with van der Waals surface area (Å²) in [6, 6.07) is 18.6. The first kappa shape index (κ1) is 24.5. The third-order valence-electron chi connectivity index (χ3n) is 6.36. The summed E-state index contributed by atoms with van der Waals surface area (Å²) in [7, 11) is 3.17. The molecule has 0 aliphatic carbocycles. The first-order chi connectivity index (χ1) is 18.0. The molecule has 4 aromatic rings. The first-order valence-corrected chi connectivity index (χ1v) is 12.7. The van der Waals surface area contributed by atoms with E-state index in [2.05, 4.69) is 4.99 Å². The summed E-state index contributed by atoms with van der Waals surface area (Å²) in [6.07, 6.45) is 1.77. The zero-order chi connectivity index (χ0) is 26.1. The minimum Gasteiger partial charge on any atom is -0.497 e. The van der Waals surface area contributed by atoms with Gasteiger partial charge in [0.05, 0.1) is 42.7 Å². The lowest BCUT2D eigenvalue weighted by atomic mass is 9.91. The number of hydrogen-bond donors (Lipinski definition) is 0. The Hall–Kier alpha value is -4.17. The van der Waals surface area contributed by atoms with Crippen LogP contribution in [0.2, 0.25) is 0 Å². The summed E-state index contributed by atoms with van der Waals surface area (Å²) in [4.78, 5) is 32.4. The fourth-order valence-corrected chi connectivity index (χ4v) is 5.71. The number of carbonyl (C=O) groups excluding carboxylic acids is 1. The van der Waals surface area contributed by atoms with E-state index in [4.69, 9.17) is 14.2 Å². The fourth-order valence-electron chi connectivity index (χ4n) is 4.67. The molecule has 3 aromatic carbocycles. The molecule has 7 nitrogen and oxygen atoms in total. The second-order valence-corrected chi connectivity index (χ2v) is 9.49. The maximum atomic E-state index is 14.0. The van der Waals surface area contributed by atoms with Crippen LogP contribution in [0.25, 0.3) is 16.8 Å². The van der Waals surface area contributed by atoms with E-state index in [0.29, 0.717) is 37.7 Å². The minimum absolute atomic E-state index is 0.220. The molecule has 1 aliphatic heterocycles. The lowest BCUT2D eigenvalue weighted by molar-refractivity contribution is -0.139. The average Bonchev–Trinajstić information content (AvgIpc) is 3.21. The fraction of sp³-hybridized carbons (Fsp3) is 0.207. The SMILES string of the molecule is CCOC(=O)C1=C(C)N=c2s/c(=C\c3cc(OC)ccc3OC)c(=O)n2[C@H]1c1cccc2ccccc12. The van der Waals surface area contributed by atoms with Gasteiger partial charge < -0.3 is 14.2 Å². The van der Waals surface area contributed by atoms with Gasteiger partial charge >= 0.3 is 5.97 Å². The van der Waals surface area contributed by atoms with Crippen molar-refractivity contribution in [2.24, 2.45) is 4.99 Å². The molecule has 8 heteroatoms. The molecule has 1 atom stereocenters. The van der Waals surface area contributed by atoms with Crippen LogP contribution in [0.15, 0.2) is 81.7 Å². The van der Waals surface area contributed by atoms with Crippen molar-refractivity contribution in [2.75, 3.05) is 20.8 Å². The molecule has 0 saturated heterocycles. The van der Waals surface area contributed by atoms with Crippen molar-refractivity contribution < 1.29 is 19.0 Å². The molecule has 0 radical (unpaired) electrons. The number of esters is 1. The van der Waals surface area contributed by atoms with Crippen molar-refractivity contribution in [1.82, 2.24) is 4.57 Å². The maximum absolute atomic E-state index is 14.0. The van der Waals surface area contributed by atoms with Gasteiger partial charge in [0.1, 0.15) is 11.5 Å². The number of ether oxygens (including phenoxy) is 3. The molecule has 0 N–H and O–H groups in total. The van der Waals surface area contributed by atoms with Crippen LogP contribution in [0.4, 0.5) is 0 Å². The molecule has 0 amide bonds. The number of allylic oxidation sites excluding steroid dienone is 1. The summed E-state index contributed by atoms with van der Waals surface area (Å²) in [5.41, 5.74) is 2.18. The van der Waals surface area contributed by atoms with E-state index in [1.165, 1.54) is 11.3 Å². The molecule has 2 heterocycles. The Bertz CT molecular complexity index is 1730. The van der Waals surface area contributed by atoms with Crippen molar-refractivity contribution in [3.8, 4) is 11.5 Å². The standard InChI is InChI=1S/C29H26N2O5S/c1-5-36-28(33)25-17(2)30-29-31(26(25)22-12-8-10-18-9-6-7-11-21(18)22)27(32)24(37-29)16-19-15-20(34-3)13-14-23(19)35-4/h6-16,26H,5H2,1-4H3/b24-16-/t26-/m0/s1. The Balaban J connectivity index is 1.80. The highest BCUT2D eigenvalue weighted by molar-refractivity contribution is 7.07. The molecule has 5 rings (SSSR count). The predicted molar refractivity (Wildman–Crippen MR) is 144 cm³/mol. The van der Waals surface area contributed by atoms with E-state index in [9.17, 15) is 9.59 Å². The monoisotopic (exact) mass is 514 g/mol. The summed E-state index contributed by atoms with van der Waals surface area (Å²) in [6.45, 7) is 3.77. The number of aromatic nitrogens is 1. The molecular weight excluding hydrogens is 488 g/mol. The van der Waals surface area contributed by atoms with Gasteiger partial charge in [-0.1, -0.05) is 53.8 Å². The van der Waals surface area contributed by atoms with Gasteiger partial charge in [-0.05, 0) is 54.5 Å². The van der Waals surface area contributed by atoms with Crippen molar-refractivity contribution in [1.29, 1.82) is 0 Å². The third kappa shape index (κ3) is 4.34.